The number of rotatable bonds is 3. The van der Waals surface area contributed by atoms with Crippen LogP contribution in [0.2, 0.25) is 10.0 Å². The number of ether oxygens (including phenoxy) is 1. The first-order valence-corrected chi connectivity index (χ1v) is 7.40. The summed E-state index contributed by atoms with van der Waals surface area (Å²) < 4.78 is 5.17. The van der Waals surface area contributed by atoms with E-state index in [1.807, 2.05) is 0 Å². The van der Waals surface area contributed by atoms with Gasteiger partial charge in [-0.15, -0.1) is 0 Å². The molecule has 1 aromatic carbocycles. The number of nitrogens with zero attached hydrogens (tertiary/aromatic N) is 1. The molecule has 0 bridgehead atoms. The average molecular weight is 331 g/mol. The van der Waals surface area contributed by atoms with Crippen LogP contribution in [-0.2, 0) is 9.53 Å². The molecule has 1 unspecified atom stereocenters. The van der Waals surface area contributed by atoms with Crippen LogP contribution in [0.5, 0.6) is 0 Å². The van der Waals surface area contributed by atoms with Gasteiger partial charge in [0.15, 0.2) is 6.10 Å². The Labute approximate surface area is 132 Å². The monoisotopic (exact) mass is 330 g/mol. The van der Waals surface area contributed by atoms with Crippen LogP contribution in [0, 0.1) is 0 Å². The van der Waals surface area contributed by atoms with Crippen LogP contribution in [-0.4, -0.2) is 36.0 Å². The van der Waals surface area contributed by atoms with Crippen molar-refractivity contribution in [1.82, 2.24) is 4.90 Å². The van der Waals surface area contributed by atoms with Gasteiger partial charge >= 0.3 is 5.97 Å². The quantitative estimate of drug-likeness (QED) is 0.683. The third kappa shape index (κ3) is 3.60. The molecule has 2 rings (SSSR count). The smallest absolute Gasteiger partial charge is 0.339 e. The van der Waals surface area contributed by atoms with Crippen LogP contribution >= 0.6 is 23.2 Å². The van der Waals surface area contributed by atoms with Gasteiger partial charge in [-0.2, -0.15) is 0 Å². The normalized spacial score (nSPS) is 15.9. The largest absolute Gasteiger partial charge is 0.449 e. The lowest BCUT2D eigenvalue weighted by Gasteiger charge is -2.20. The number of benzene rings is 1. The second kappa shape index (κ2) is 6.54. The Kier molecular flexibility index (Phi) is 4.96. The van der Waals surface area contributed by atoms with Gasteiger partial charge < -0.3 is 15.4 Å². The van der Waals surface area contributed by atoms with Crippen molar-refractivity contribution in [2.75, 3.05) is 18.8 Å². The summed E-state index contributed by atoms with van der Waals surface area (Å²) in [7, 11) is 0. The number of nitrogens with two attached hydrogens (primary N) is 1. The second-order valence-corrected chi connectivity index (χ2v) is 5.73. The van der Waals surface area contributed by atoms with Crippen molar-refractivity contribution in [3.05, 3.63) is 27.7 Å². The van der Waals surface area contributed by atoms with Crippen molar-refractivity contribution in [3.63, 3.8) is 0 Å². The minimum atomic E-state index is -0.841. The molecule has 7 heteroatoms. The van der Waals surface area contributed by atoms with E-state index < -0.39 is 12.1 Å². The highest BCUT2D eigenvalue weighted by atomic mass is 35.5. The van der Waals surface area contributed by atoms with Crippen LogP contribution in [0.15, 0.2) is 12.1 Å². The molecule has 114 valence electrons. The van der Waals surface area contributed by atoms with Crippen LogP contribution in [0.25, 0.3) is 0 Å². The Morgan fingerprint density at radius 3 is 2.48 bits per heavy atom. The fraction of sp³-hybridized carbons (Fsp3) is 0.429. The molecular weight excluding hydrogens is 315 g/mol. The summed E-state index contributed by atoms with van der Waals surface area (Å²) >= 11 is 11.7. The van der Waals surface area contributed by atoms with Crippen molar-refractivity contribution in [2.24, 2.45) is 0 Å². The van der Waals surface area contributed by atoms with Gasteiger partial charge in [-0.3, -0.25) is 4.79 Å². The molecule has 1 aliphatic heterocycles. The number of carbonyl (C=O) groups excluding carboxylic acids is 2. The number of nitrogen functional groups attached to an aromatic ring is 1. The highest BCUT2D eigenvalue weighted by molar-refractivity contribution is 6.43. The molecule has 1 atom stereocenters. The lowest BCUT2D eigenvalue weighted by Crippen LogP contribution is -2.38. The number of amides is 1. The van der Waals surface area contributed by atoms with Crippen LogP contribution in [0.1, 0.15) is 30.1 Å². The third-order valence-electron chi connectivity index (χ3n) is 3.34. The Hall–Kier alpha value is -1.46. The van der Waals surface area contributed by atoms with Gasteiger partial charge in [0.25, 0.3) is 5.91 Å². The first kappa shape index (κ1) is 15.9. The fourth-order valence-corrected chi connectivity index (χ4v) is 2.54. The highest BCUT2D eigenvalue weighted by Gasteiger charge is 2.26. The Balaban J connectivity index is 2.05. The van der Waals surface area contributed by atoms with Gasteiger partial charge in [0.1, 0.15) is 0 Å². The van der Waals surface area contributed by atoms with Crippen molar-refractivity contribution in [1.29, 1.82) is 0 Å². The molecular formula is C14H16Cl2N2O3. The van der Waals surface area contributed by atoms with Gasteiger partial charge in [-0.1, -0.05) is 23.2 Å². The zero-order valence-corrected chi connectivity index (χ0v) is 13.1. The van der Waals surface area contributed by atoms with E-state index in [1.54, 1.807) is 11.8 Å². The molecule has 0 aromatic heterocycles. The molecule has 1 saturated heterocycles. The zero-order chi connectivity index (χ0) is 15.6. The first-order valence-electron chi connectivity index (χ1n) is 6.64. The Bertz CT molecular complexity index is 548. The van der Waals surface area contributed by atoms with Crippen LogP contribution in [0.4, 0.5) is 5.69 Å². The van der Waals surface area contributed by atoms with Gasteiger partial charge in [0.05, 0.1) is 21.3 Å². The van der Waals surface area contributed by atoms with E-state index in [1.165, 1.54) is 12.1 Å². The van der Waals surface area contributed by atoms with Gasteiger partial charge in [-0.05, 0) is 31.9 Å². The molecule has 0 saturated carbocycles. The molecule has 1 fully saturated rings. The maximum Gasteiger partial charge on any atom is 0.339 e. The molecule has 5 nitrogen and oxygen atoms in total. The van der Waals surface area contributed by atoms with Crippen molar-refractivity contribution in [2.45, 2.75) is 25.9 Å². The van der Waals surface area contributed by atoms with E-state index in [0.717, 1.165) is 12.8 Å². The Morgan fingerprint density at radius 1 is 1.29 bits per heavy atom. The van der Waals surface area contributed by atoms with Gasteiger partial charge in [0.2, 0.25) is 0 Å². The lowest BCUT2D eigenvalue weighted by atomic mass is 10.2. The number of likely N-dealkylation sites (tertiary alicyclic amines) is 1. The number of anilines is 1. The van der Waals surface area contributed by atoms with Gasteiger partial charge in [0, 0.05) is 13.1 Å². The maximum atomic E-state index is 12.1. The molecule has 0 spiro atoms. The number of hydrogen-bond acceptors (Lipinski definition) is 4. The molecule has 1 heterocycles. The molecule has 21 heavy (non-hydrogen) atoms. The summed E-state index contributed by atoms with van der Waals surface area (Å²) in [6, 6.07) is 2.75. The molecule has 1 aliphatic rings. The van der Waals surface area contributed by atoms with Gasteiger partial charge in [-0.25, -0.2) is 4.79 Å². The molecule has 2 N–H and O–H groups in total. The van der Waals surface area contributed by atoms with E-state index >= 15 is 0 Å². The van der Waals surface area contributed by atoms with Crippen LogP contribution in [0.3, 0.4) is 0 Å². The van der Waals surface area contributed by atoms with E-state index in [0.29, 0.717) is 13.1 Å². The number of hydrogen-bond donors (Lipinski definition) is 1. The Morgan fingerprint density at radius 2 is 1.90 bits per heavy atom. The molecule has 0 aliphatic carbocycles. The summed E-state index contributed by atoms with van der Waals surface area (Å²) in [6.45, 7) is 2.97. The summed E-state index contributed by atoms with van der Waals surface area (Å²) in [5.41, 5.74) is 6.01. The minimum absolute atomic E-state index is 0.169. The third-order valence-corrected chi connectivity index (χ3v) is 4.16. The highest BCUT2D eigenvalue weighted by Crippen LogP contribution is 2.29. The fourth-order valence-electron chi connectivity index (χ4n) is 2.20. The number of esters is 1. The molecule has 1 amide bonds. The number of carbonyl (C=O) groups is 2. The lowest BCUT2D eigenvalue weighted by molar-refractivity contribution is -0.138. The van der Waals surface area contributed by atoms with E-state index in [2.05, 4.69) is 0 Å². The van der Waals surface area contributed by atoms with E-state index in [9.17, 15) is 9.59 Å². The minimum Gasteiger partial charge on any atom is -0.449 e. The predicted molar refractivity (Wildman–Crippen MR) is 81.6 cm³/mol. The van der Waals surface area contributed by atoms with Crippen molar-refractivity contribution >= 4 is 40.8 Å². The molecule has 1 aromatic rings. The number of halogens is 2. The predicted octanol–water partition coefficient (Wildman–Crippen LogP) is 2.74. The summed E-state index contributed by atoms with van der Waals surface area (Å²) in [5.74, 6) is -0.839. The maximum absolute atomic E-state index is 12.1. The van der Waals surface area contributed by atoms with Crippen LogP contribution < -0.4 is 5.73 Å². The zero-order valence-electron chi connectivity index (χ0n) is 11.6. The van der Waals surface area contributed by atoms with Crippen molar-refractivity contribution < 1.29 is 14.3 Å². The second-order valence-electron chi connectivity index (χ2n) is 4.94. The summed E-state index contributed by atoms with van der Waals surface area (Å²) in [6.07, 6.45) is 1.12. The SMILES string of the molecule is CC(OC(=O)c1cc(N)c(Cl)c(Cl)c1)C(=O)N1CCCC1. The van der Waals surface area contributed by atoms with E-state index in [-0.39, 0.29) is 27.2 Å². The summed E-state index contributed by atoms with van der Waals surface area (Å²) in [4.78, 5) is 25.8. The first-order chi connectivity index (χ1) is 9.90. The average Bonchev–Trinajstić information content (AvgIpc) is 2.97. The van der Waals surface area contributed by atoms with E-state index in [4.69, 9.17) is 33.7 Å². The summed E-state index contributed by atoms with van der Waals surface area (Å²) in [5, 5.41) is 0.358. The molecule has 0 radical (unpaired) electrons. The van der Waals surface area contributed by atoms with Crippen molar-refractivity contribution in [3.8, 4) is 0 Å². The standard InChI is InChI=1S/C14H16Cl2N2O3/c1-8(13(19)18-4-2-3-5-18)21-14(20)9-6-10(15)12(16)11(17)7-9/h6-8H,2-5,17H2,1H3. The topological polar surface area (TPSA) is 72.6 Å².